The van der Waals surface area contributed by atoms with Crippen LogP contribution in [0.5, 0.6) is 0 Å². The largest absolute Gasteiger partial charge is 0.320 e. The number of nitriles is 1. The van der Waals surface area contributed by atoms with Crippen molar-refractivity contribution in [2.75, 3.05) is 9.80 Å². The van der Waals surface area contributed by atoms with Gasteiger partial charge in [-0.2, -0.15) is 5.26 Å². The maximum Gasteiger partial charge on any atom is 0.210 e. The molecule has 0 fully saturated rings. The summed E-state index contributed by atoms with van der Waals surface area (Å²) in [6.07, 6.45) is 0. The minimum absolute atomic E-state index is 0.238. The summed E-state index contributed by atoms with van der Waals surface area (Å²) >= 11 is 0. The van der Waals surface area contributed by atoms with Crippen LogP contribution in [-0.4, -0.2) is 0 Å². The van der Waals surface area contributed by atoms with Crippen molar-refractivity contribution in [1.82, 2.24) is 0 Å². The molecule has 0 atom stereocenters. The van der Waals surface area contributed by atoms with Gasteiger partial charge in [0, 0.05) is 22.1 Å². The minimum atomic E-state index is 0.238. The van der Waals surface area contributed by atoms with E-state index in [1.807, 2.05) is 60.7 Å². The van der Waals surface area contributed by atoms with Gasteiger partial charge >= 0.3 is 0 Å². The second-order valence-electron chi connectivity index (χ2n) is 13.9. The number of anilines is 6. The third-order valence-corrected chi connectivity index (χ3v) is 10.2. The predicted octanol–water partition coefficient (Wildman–Crippen LogP) is 14.2. The van der Waals surface area contributed by atoms with E-state index in [1.54, 1.807) is 0 Å². The number of para-hydroxylation sites is 5. The van der Waals surface area contributed by atoms with E-state index in [0.717, 1.165) is 44.9 Å². The van der Waals surface area contributed by atoms with E-state index in [0.29, 0.717) is 11.3 Å². The van der Waals surface area contributed by atoms with Crippen LogP contribution in [0.2, 0.25) is 0 Å². The van der Waals surface area contributed by atoms with Gasteiger partial charge in [-0.05, 0) is 99.1 Å². The van der Waals surface area contributed by atoms with E-state index in [1.165, 1.54) is 32.7 Å². The van der Waals surface area contributed by atoms with Crippen molar-refractivity contribution < 1.29 is 0 Å². The lowest BCUT2D eigenvalue weighted by Crippen LogP contribution is -2.13. The van der Waals surface area contributed by atoms with E-state index in [2.05, 4.69) is 133 Å². The first kappa shape index (κ1) is 32.6. The van der Waals surface area contributed by atoms with Crippen molar-refractivity contribution in [1.29, 1.82) is 5.26 Å². The highest BCUT2D eigenvalue weighted by Crippen LogP contribution is 2.51. The Bertz CT molecular complexity index is 2480. The SMILES string of the molecule is [C-]#[N+]c1ccccc1N(c1ccccc1)c1cc(C(C)C)c2ccc3c(N(c4ccccc4)c4ccccc4C#N)cc(C(C)C)c4ccc1c2c43. The molecule has 0 spiro atoms. The van der Waals surface area contributed by atoms with Crippen molar-refractivity contribution in [2.45, 2.75) is 39.5 Å². The van der Waals surface area contributed by atoms with Gasteiger partial charge in [-0.1, -0.05) is 119 Å². The summed E-state index contributed by atoms with van der Waals surface area (Å²) in [4.78, 5) is 8.49. The molecule has 0 unspecified atom stereocenters. The second kappa shape index (κ2) is 13.3. The van der Waals surface area contributed by atoms with Gasteiger partial charge in [0.25, 0.3) is 0 Å². The summed E-state index contributed by atoms with van der Waals surface area (Å²) < 4.78 is 0. The summed E-state index contributed by atoms with van der Waals surface area (Å²) in [5, 5.41) is 17.5. The van der Waals surface area contributed by atoms with E-state index in [9.17, 15) is 5.26 Å². The number of nitrogens with zero attached hydrogens (tertiary/aromatic N) is 4. The van der Waals surface area contributed by atoms with E-state index in [-0.39, 0.29) is 11.8 Å². The highest BCUT2D eigenvalue weighted by Gasteiger charge is 2.27. The van der Waals surface area contributed by atoms with Gasteiger partial charge in [0.15, 0.2) is 0 Å². The molecule has 0 aromatic heterocycles. The van der Waals surface area contributed by atoms with Gasteiger partial charge in [0.05, 0.1) is 34.9 Å². The van der Waals surface area contributed by atoms with Gasteiger partial charge in [0.2, 0.25) is 5.69 Å². The Morgan fingerprint density at radius 1 is 0.500 bits per heavy atom. The van der Waals surface area contributed by atoms with Gasteiger partial charge in [-0.3, -0.25) is 0 Å². The molecule has 0 aliphatic rings. The molecule has 0 N–H and O–H groups in total. The summed E-state index contributed by atoms with van der Waals surface area (Å²) in [5.74, 6) is 0.479. The summed E-state index contributed by atoms with van der Waals surface area (Å²) in [6, 6.07) is 52.8. The monoisotopic (exact) mass is 670 g/mol. The third-order valence-electron chi connectivity index (χ3n) is 10.2. The van der Waals surface area contributed by atoms with Gasteiger partial charge in [0.1, 0.15) is 6.07 Å². The molecule has 0 aliphatic heterocycles. The molecule has 52 heavy (non-hydrogen) atoms. The summed E-state index contributed by atoms with van der Waals surface area (Å²) in [5.41, 5.74) is 9.47. The smallest absolute Gasteiger partial charge is 0.210 e. The van der Waals surface area contributed by atoms with Crippen LogP contribution in [0.3, 0.4) is 0 Å². The van der Waals surface area contributed by atoms with Gasteiger partial charge in [-0.25, -0.2) is 4.85 Å². The second-order valence-corrected chi connectivity index (χ2v) is 13.9. The van der Waals surface area contributed by atoms with Crippen molar-refractivity contribution in [3.8, 4) is 6.07 Å². The summed E-state index contributed by atoms with van der Waals surface area (Å²) in [6.45, 7) is 17.2. The topological polar surface area (TPSA) is 34.6 Å². The lowest BCUT2D eigenvalue weighted by atomic mass is 9.84. The predicted molar refractivity (Wildman–Crippen MR) is 219 cm³/mol. The number of hydrogen-bond donors (Lipinski definition) is 0. The number of benzene rings is 8. The van der Waals surface area contributed by atoms with Crippen molar-refractivity contribution in [3.63, 3.8) is 0 Å². The Morgan fingerprint density at radius 3 is 1.40 bits per heavy atom. The van der Waals surface area contributed by atoms with Crippen LogP contribution >= 0.6 is 0 Å². The van der Waals surface area contributed by atoms with Gasteiger partial charge in [-0.15, -0.1) is 0 Å². The summed E-state index contributed by atoms with van der Waals surface area (Å²) in [7, 11) is 0. The Labute approximate surface area is 305 Å². The van der Waals surface area contributed by atoms with E-state index in [4.69, 9.17) is 6.57 Å². The quantitative estimate of drug-likeness (QED) is 0.119. The first-order valence-electron chi connectivity index (χ1n) is 17.9. The molecule has 0 saturated carbocycles. The molecule has 0 heterocycles. The van der Waals surface area contributed by atoms with E-state index < -0.39 is 0 Å². The van der Waals surface area contributed by atoms with Crippen LogP contribution < -0.4 is 9.80 Å². The fraction of sp³-hybridized carbons (Fsp3) is 0.125. The van der Waals surface area contributed by atoms with Crippen molar-refractivity contribution >= 4 is 72.1 Å². The fourth-order valence-electron chi connectivity index (χ4n) is 7.82. The molecule has 250 valence electrons. The molecule has 8 rings (SSSR count). The zero-order chi connectivity index (χ0) is 35.9. The van der Waals surface area contributed by atoms with E-state index >= 15 is 0 Å². The average molecular weight is 671 g/mol. The Kier molecular flexibility index (Phi) is 8.30. The fourth-order valence-corrected chi connectivity index (χ4v) is 7.82. The minimum Gasteiger partial charge on any atom is -0.320 e. The molecule has 0 aliphatic carbocycles. The maximum atomic E-state index is 10.3. The molecule has 0 bridgehead atoms. The molecule has 4 nitrogen and oxygen atoms in total. The van der Waals surface area contributed by atoms with Gasteiger partial charge < -0.3 is 9.80 Å². The molecule has 0 radical (unpaired) electrons. The van der Waals surface area contributed by atoms with Crippen LogP contribution in [0.1, 0.15) is 56.2 Å². The lowest BCUT2D eigenvalue weighted by molar-refractivity contribution is 0.875. The Balaban J connectivity index is 1.55. The molecule has 0 amide bonds. The van der Waals surface area contributed by atoms with Crippen LogP contribution in [0.15, 0.2) is 146 Å². The molecular formula is C48H38N4. The van der Waals surface area contributed by atoms with Crippen molar-refractivity contribution in [3.05, 3.63) is 174 Å². The zero-order valence-electron chi connectivity index (χ0n) is 29.8. The molecule has 8 aromatic carbocycles. The Morgan fingerprint density at radius 2 is 0.923 bits per heavy atom. The number of rotatable bonds is 8. The first-order valence-corrected chi connectivity index (χ1v) is 17.9. The molecule has 4 heteroatoms. The third kappa shape index (κ3) is 5.29. The zero-order valence-corrected chi connectivity index (χ0v) is 29.8. The van der Waals surface area contributed by atoms with Crippen LogP contribution in [0, 0.1) is 17.9 Å². The first-order chi connectivity index (χ1) is 25.4. The lowest BCUT2D eigenvalue weighted by Gasteiger charge is -2.32. The standard InChI is InChI=1S/C48H38N4/c1-31(2)40-28-45(51(34-17-8-6-9-18-34)43-22-14-12-16-33(43)30-49)38-26-24-37-41(32(3)4)29-46(39-27-25-36(40)47(38)48(37)39)52(35-19-10-7-11-20-35)44-23-15-13-21-42(44)50-5/h6-29,31-32H,1-4H3. The highest BCUT2D eigenvalue weighted by atomic mass is 15.2. The number of hydrogen-bond acceptors (Lipinski definition) is 3. The highest BCUT2D eigenvalue weighted by molar-refractivity contribution is 6.29. The normalized spacial score (nSPS) is 11.4. The van der Waals surface area contributed by atoms with Crippen molar-refractivity contribution in [2.24, 2.45) is 0 Å². The van der Waals surface area contributed by atoms with Crippen LogP contribution in [0.25, 0.3) is 37.2 Å². The molecule has 8 aromatic rings. The Hall–Kier alpha value is -6.62. The van der Waals surface area contributed by atoms with Crippen LogP contribution in [-0.2, 0) is 0 Å². The molecular weight excluding hydrogens is 633 g/mol. The average Bonchev–Trinajstić information content (AvgIpc) is 3.18. The van der Waals surface area contributed by atoms with Crippen LogP contribution in [0.4, 0.5) is 39.8 Å². The molecule has 0 saturated heterocycles. The maximum absolute atomic E-state index is 10.3.